The molecule has 0 aromatic heterocycles. The van der Waals surface area contributed by atoms with Gasteiger partial charge in [0.1, 0.15) is 5.75 Å². The Morgan fingerprint density at radius 1 is 1.50 bits per heavy atom. The number of nitrogens with one attached hydrogen (secondary N) is 1. The summed E-state index contributed by atoms with van der Waals surface area (Å²) in [6.45, 7) is 6.22. The summed E-state index contributed by atoms with van der Waals surface area (Å²) in [6.07, 6.45) is 1.74. The highest BCUT2D eigenvalue weighted by atomic mass is 16.5. The van der Waals surface area contributed by atoms with E-state index in [1.54, 1.807) is 0 Å². The van der Waals surface area contributed by atoms with Crippen LogP contribution in [-0.2, 0) is 11.3 Å². The molecular weight excluding hydrogens is 280 g/mol. The second-order valence-corrected chi connectivity index (χ2v) is 6.12. The lowest BCUT2D eigenvalue weighted by Crippen LogP contribution is -2.39. The molecular formula is C17H26N2O3. The third-order valence-electron chi connectivity index (χ3n) is 3.88. The van der Waals surface area contributed by atoms with Crippen LogP contribution in [-0.4, -0.2) is 37.3 Å². The number of anilines is 1. The molecule has 1 aliphatic heterocycles. The summed E-state index contributed by atoms with van der Waals surface area (Å²) in [5.74, 6) is -0.158. The van der Waals surface area contributed by atoms with E-state index in [0.29, 0.717) is 6.54 Å². The molecule has 1 unspecified atom stereocenters. The molecule has 1 atom stereocenters. The maximum absolute atomic E-state index is 11.3. The lowest BCUT2D eigenvalue weighted by molar-refractivity contribution is -0.141. The van der Waals surface area contributed by atoms with Crippen molar-refractivity contribution in [3.8, 4) is 5.75 Å². The van der Waals surface area contributed by atoms with Crippen LogP contribution in [0.4, 0.5) is 5.69 Å². The number of carboxylic acid groups (broad SMARTS) is 1. The minimum atomic E-state index is -0.706. The third kappa shape index (κ3) is 4.13. The summed E-state index contributed by atoms with van der Waals surface area (Å²) in [4.78, 5) is 13.4. The standard InChI is InChI=1S/C17H26N2O3/c1-12(2)22-16-9-13(10-18-3)6-7-15(16)19-8-4-5-14(11-19)17(20)21/h6-7,9,12,14,18H,4-5,8,10-11H2,1-3H3,(H,20,21). The fourth-order valence-electron chi connectivity index (χ4n) is 2.88. The van der Waals surface area contributed by atoms with Crippen molar-refractivity contribution in [3.05, 3.63) is 23.8 Å². The molecule has 1 heterocycles. The monoisotopic (exact) mass is 306 g/mol. The van der Waals surface area contributed by atoms with Gasteiger partial charge in [-0.25, -0.2) is 0 Å². The summed E-state index contributed by atoms with van der Waals surface area (Å²) in [7, 11) is 1.92. The number of hydrogen-bond donors (Lipinski definition) is 2. The van der Waals surface area contributed by atoms with E-state index in [4.69, 9.17) is 4.74 Å². The zero-order chi connectivity index (χ0) is 16.1. The summed E-state index contributed by atoms with van der Waals surface area (Å²) in [6, 6.07) is 6.17. The number of ether oxygens (including phenoxy) is 1. The van der Waals surface area contributed by atoms with Crippen molar-refractivity contribution in [1.82, 2.24) is 5.32 Å². The first-order chi connectivity index (χ1) is 10.5. The number of piperidine rings is 1. The average Bonchev–Trinajstić information content (AvgIpc) is 2.47. The largest absolute Gasteiger partial charge is 0.489 e. The highest BCUT2D eigenvalue weighted by Gasteiger charge is 2.27. The smallest absolute Gasteiger partial charge is 0.308 e. The second kappa shape index (κ2) is 7.49. The number of carboxylic acids is 1. The predicted molar refractivity (Wildman–Crippen MR) is 87.5 cm³/mol. The van der Waals surface area contributed by atoms with Gasteiger partial charge in [-0.15, -0.1) is 0 Å². The molecule has 0 bridgehead atoms. The number of rotatable bonds is 6. The van der Waals surface area contributed by atoms with Crippen molar-refractivity contribution in [2.75, 3.05) is 25.0 Å². The topological polar surface area (TPSA) is 61.8 Å². The van der Waals surface area contributed by atoms with E-state index in [0.717, 1.165) is 42.9 Å². The van der Waals surface area contributed by atoms with Crippen LogP contribution in [0, 0.1) is 5.92 Å². The van der Waals surface area contributed by atoms with E-state index in [1.807, 2.05) is 20.9 Å². The Labute approximate surface area is 132 Å². The number of nitrogens with zero attached hydrogens (tertiary/aromatic N) is 1. The van der Waals surface area contributed by atoms with E-state index >= 15 is 0 Å². The normalized spacial score (nSPS) is 18.5. The van der Waals surface area contributed by atoms with Gasteiger partial charge in [0.05, 0.1) is 17.7 Å². The highest BCUT2D eigenvalue weighted by Crippen LogP contribution is 2.33. The molecule has 5 heteroatoms. The number of hydrogen-bond acceptors (Lipinski definition) is 4. The molecule has 22 heavy (non-hydrogen) atoms. The van der Waals surface area contributed by atoms with Crippen LogP contribution < -0.4 is 15.0 Å². The number of aliphatic carboxylic acids is 1. The molecule has 1 aromatic rings. The van der Waals surface area contributed by atoms with E-state index < -0.39 is 5.97 Å². The lowest BCUT2D eigenvalue weighted by atomic mass is 9.97. The molecule has 1 fully saturated rings. The van der Waals surface area contributed by atoms with Gasteiger partial charge in [-0.1, -0.05) is 6.07 Å². The van der Waals surface area contributed by atoms with Crippen molar-refractivity contribution < 1.29 is 14.6 Å². The SMILES string of the molecule is CNCc1ccc(N2CCCC(C(=O)O)C2)c(OC(C)C)c1. The van der Waals surface area contributed by atoms with Gasteiger partial charge in [-0.3, -0.25) is 4.79 Å². The molecule has 2 rings (SSSR count). The molecule has 0 amide bonds. The predicted octanol–water partition coefficient (Wildman–Crippen LogP) is 2.49. The minimum absolute atomic E-state index is 0.0867. The molecule has 1 saturated heterocycles. The first-order valence-electron chi connectivity index (χ1n) is 7.93. The van der Waals surface area contributed by atoms with Gasteiger partial charge in [-0.05, 0) is 51.4 Å². The van der Waals surface area contributed by atoms with Gasteiger partial charge in [0.15, 0.2) is 0 Å². The van der Waals surface area contributed by atoms with E-state index in [1.165, 1.54) is 0 Å². The first kappa shape index (κ1) is 16.6. The highest BCUT2D eigenvalue weighted by molar-refractivity contribution is 5.72. The van der Waals surface area contributed by atoms with Crippen LogP contribution in [0.3, 0.4) is 0 Å². The van der Waals surface area contributed by atoms with E-state index in [-0.39, 0.29) is 12.0 Å². The maximum atomic E-state index is 11.3. The van der Waals surface area contributed by atoms with E-state index in [9.17, 15) is 9.90 Å². The molecule has 1 aliphatic rings. The molecule has 122 valence electrons. The van der Waals surface area contributed by atoms with Crippen LogP contribution in [0.1, 0.15) is 32.3 Å². The van der Waals surface area contributed by atoms with Crippen LogP contribution in [0.5, 0.6) is 5.75 Å². The zero-order valence-corrected chi connectivity index (χ0v) is 13.6. The Bertz CT molecular complexity index is 517. The number of benzene rings is 1. The van der Waals surface area contributed by atoms with Gasteiger partial charge >= 0.3 is 5.97 Å². The number of carbonyl (C=O) groups is 1. The molecule has 0 saturated carbocycles. The Hall–Kier alpha value is -1.75. The van der Waals surface area contributed by atoms with Gasteiger partial charge in [0, 0.05) is 19.6 Å². The van der Waals surface area contributed by atoms with Gasteiger partial charge in [-0.2, -0.15) is 0 Å². The van der Waals surface area contributed by atoms with Gasteiger partial charge < -0.3 is 20.1 Å². The van der Waals surface area contributed by atoms with E-state index in [2.05, 4.69) is 28.4 Å². The van der Waals surface area contributed by atoms with Crippen LogP contribution in [0.25, 0.3) is 0 Å². The average molecular weight is 306 g/mol. The Morgan fingerprint density at radius 3 is 2.91 bits per heavy atom. The van der Waals surface area contributed by atoms with Crippen molar-refractivity contribution in [3.63, 3.8) is 0 Å². The summed E-state index contributed by atoms with van der Waals surface area (Å²) in [5.41, 5.74) is 2.16. The Balaban J connectivity index is 2.25. The maximum Gasteiger partial charge on any atom is 0.308 e. The zero-order valence-electron chi connectivity index (χ0n) is 13.6. The minimum Gasteiger partial charge on any atom is -0.489 e. The van der Waals surface area contributed by atoms with Crippen molar-refractivity contribution in [2.24, 2.45) is 5.92 Å². The fraction of sp³-hybridized carbons (Fsp3) is 0.588. The van der Waals surface area contributed by atoms with Crippen LogP contribution in [0.2, 0.25) is 0 Å². The fourth-order valence-corrected chi connectivity index (χ4v) is 2.88. The third-order valence-corrected chi connectivity index (χ3v) is 3.88. The summed E-state index contributed by atoms with van der Waals surface area (Å²) < 4.78 is 5.96. The molecule has 0 radical (unpaired) electrons. The first-order valence-corrected chi connectivity index (χ1v) is 7.93. The van der Waals surface area contributed by atoms with Crippen molar-refractivity contribution in [1.29, 1.82) is 0 Å². The summed E-state index contributed by atoms with van der Waals surface area (Å²) >= 11 is 0. The summed E-state index contributed by atoms with van der Waals surface area (Å²) in [5, 5.41) is 12.4. The second-order valence-electron chi connectivity index (χ2n) is 6.12. The van der Waals surface area contributed by atoms with Crippen LogP contribution >= 0.6 is 0 Å². The molecule has 0 aliphatic carbocycles. The molecule has 1 aromatic carbocycles. The lowest BCUT2D eigenvalue weighted by Gasteiger charge is -2.34. The molecule has 0 spiro atoms. The van der Waals surface area contributed by atoms with Gasteiger partial charge in [0.2, 0.25) is 0 Å². The van der Waals surface area contributed by atoms with Gasteiger partial charge in [0.25, 0.3) is 0 Å². The molecule has 5 nitrogen and oxygen atoms in total. The Kier molecular flexibility index (Phi) is 5.66. The van der Waals surface area contributed by atoms with Crippen molar-refractivity contribution in [2.45, 2.75) is 39.3 Å². The van der Waals surface area contributed by atoms with Crippen molar-refractivity contribution >= 4 is 11.7 Å². The Morgan fingerprint density at radius 2 is 2.27 bits per heavy atom. The molecule has 2 N–H and O–H groups in total. The quantitative estimate of drug-likeness (QED) is 0.845. The van der Waals surface area contributed by atoms with Crippen LogP contribution in [0.15, 0.2) is 18.2 Å².